The van der Waals surface area contributed by atoms with Crippen molar-refractivity contribution >= 4 is 76.7 Å². The standard InChI is InChI=1S/C40H47IO5S2Si/c1-6-47-39(48-7-2)36(46-38(43)31-22-14-9-15-23-31)28-35(45-37(42)30-20-12-8-13-21-30)34(41)29-44-49(40(3,4)5,32-24-16-10-17-25-32)33-26-18-11-19-27-33/h8-27,34-36,39H,6-7,28-29H2,1-5H3/t34-,35-,36+/m1/s1. The van der Waals surface area contributed by atoms with Crippen molar-refractivity contribution in [1.82, 2.24) is 0 Å². The number of hydrogen-bond donors (Lipinski definition) is 0. The molecule has 0 aliphatic heterocycles. The number of halogens is 1. The Morgan fingerprint density at radius 3 is 1.43 bits per heavy atom. The fourth-order valence-electron chi connectivity index (χ4n) is 5.94. The number of thioether (sulfide) groups is 2. The first kappa shape index (κ1) is 39.2. The molecule has 0 fully saturated rings. The zero-order valence-corrected chi connectivity index (χ0v) is 33.7. The van der Waals surface area contributed by atoms with Gasteiger partial charge in [-0.05, 0) is 51.2 Å². The highest BCUT2D eigenvalue weighted by atomic mass is 127. The summed E-state index contributed by atoms with van der Waals surface area (Å²) in [7, 11) is -2.86. The molecule has 0 saturated carbocycles. The molecule has 4 rings (SSSR count). The molecular formula is C40H47IO5S2Si. The van der Waals surface area contributed by atoms with Crippen LogP contribution in [0.15, 0.2) is 121 Å². The number of carbonyl (C=O) groups is 2. The maximum atomic E-state index is 13.6. The molecule has 9 heteroatoms. The predicted molar refractivity (Wildman–Crippen MR) is 217 cm³/mol. The van der Waals surface area contributed by atoms with Gasteiger partial charge in [-0.15, -0.1) is 23.5 Å². The summed E-state index contributed by atoms with van der Waals surface area (Å²) in [5, 5.41) is 2.16. The van der Waals surface area contributed by atoms with Crippen molar-refractivity contribution in [2.75, 3.05) is 18.1 Å². The first-order valence-corrected chi connectivity index (χ1v) is 22.0. The second-order valence-corrected chi connectivity index (χ2v) is 21.7. The van der Waals surface area contributed by atoms with Gasteiger partial charge < -0.3 is 13.9 Å². The third-order valence-corrected chi connectivity index (χ3v) is 17.2. The molecule has 0 aliphatic rings. The smallest absolute Gasteiger partial charge is 0.338 e. The lowest BCUT2D eigenvalue weighted by molar-refractivity contribution is 0.00126. The van der Waals surface area contributed by atoms with E-state index in [0.717, 1.165) is 11.5 Å². The highest BCUT2D eigenvalue weighted by Gasteiger charge is 2.50. The van der Waals surface area contributed by atoms with Crippen LogP contribution in [0.5, 0.6) is 0 Å². The number of carbonyl (C=O) groups excluding carboxylic acids is 2. The molecule has 0 N–H and O–H groups in total. The maximum Gasteiger partial charge on any atom is 0.338 e. The molecule has 0 bridgehead atoms. The number of rotatable bonds is 17. The van der Waals surface area contributed by atoms with E-state index in [1.165, 1.54) is 10.4 Å². The van der Waals surface area contributed by atoms with E-state index >= 15 is 0 Å². The zero-order chi connectivity index (χ0) is 35.3. The van der Waals surface area contributed by atoms with Crippen LogP contribution in [0.25, 0.3) is 0 Å². The minimum absolute atomic E-state index is 0.0400. The summed E-state index contributed by atoms with van der Waals surface area (Å²) >= 11 is 5.87. The third-order valence-electron chi connectivity index (χ3n) is 8.25. The van der Waals surface area contributed by atoms with Crippen molar-refractivity contribution < 1.29 is 23.5 Å². The average molecular weight is 827 g/mol. The molecule has 4 aromatic rings. The van der Waals surface area contributed by atoms with Crippen molar-refractivity contribution in [2.24, 2.45) is 0 Å². The van der Waals surface area contributed by atoms with E-state index in [4.69, 9.17) is 13.9 Å². The SMILES string of the molecule is CCSC(SCC)[C@H](C[C@@H](OC(=O)c1ccccc1)[C@H](I)CO[Si](c1ccccc1)(c1ccccc1)C(C)(C)C)OC(=O)c1ccccc1. The maximum absolute atomic E-state index is 13.6. The Kier molecular flexibility index (Phi) is 15.3. The molecule has 0 unspecified atom stereocenters. The van der Waals surface area contributed by atoms with Gasteiger partial charge in [0.25, 0.3) is 8.32 Å². The molecule has 5 nitrogen and oxygen atoms in total. The second kappa shape index (κ2) is 19.1. The van der Waals surface area contributed by atoms with Gasteiger partial charge in [0.1, 0.15) is 12.2 Å². The second-order valence-electron chi connectivity index (χ2n) is 12.6. The van der Waals surface area contributed by atoms with Crippen molar-refractivity contribution in [1.29, 1.82) is 0 Å². The lowest BCUT2D eigenvalue weighted by atomic mass is 10.1. The Morgan fingerprint density at radius 2 is 1.04 bits per heavy atom. The molecule has 0 amide bonds. The molecule has 260 valence electrons. The zero-order valence-electron chi connectivity index (χ0n) is 28.9. The van der Waals surface area contributed by atoms with Gasteiger partial charge in [-0.3, -0.25) is 0 Å². The molecule has 0 aliphatic carbocycles. The first-order valence-electron chi connectivity index (χ1n) is 16.7. The van der Waals surface area contributed by atoms with Gasteiger partial charge in [0.2, 0.25) is 0 Å². The molecule has 0 spiro atoms. The summed E-state index contributed by atoms with van der Waals surface area (Å²) in [5.41, 5.74) is 0.970. The number of benzene rings is 4. The van der Waals surface area contributed by atoms with Gasteiger partial charge in [-0.1, -0.05) is 154 Å². The molecule has 0 aromatic heterocycles. The Morgan fingerprint density at radius 1 is 0.653 bits per heavy atom. The average Bonchev–Trinajstić information content (AvgIpc) is 3.12. The van der Waals surface area contributed by atoms with Gasteiger partial charge in [-0.25, -0.2) is 9.59 Å². The quantitative estimate of drug-likeness (QED) is 0.0347. The summed E-state index contributed by atoms with van der Waals surface area (Å²) < 4.78 is 19.7. The summed E-state index contributed by atoms with van der Waals surface area (Å²) in [5.74, 6) is 0.922. The number of hydrogen-bond acceptors (Lipinski definition) is 7. The number of esters is 2. The van der Waals surface area contributed by atoms with E-state index in [0.29, 0.717) is 24.2 Å². The van der Waals surface area contributed by atoms with Crippen LogP contribution in [0.4, 0.5) is 0 Å². The van der Waals surface area contributed by atoms with Gasteiger partial charge in [0.05, 0.1) is 26.2 Å². The third kappa shape index (κ3) is 10.5. The summed E-state index contributed by atoms with van der Waals surface area (Å²) in [6.07, 6.45) is -0.779. The van der Waals surface area contributed by atoms with Crippen LogP contribution in [0.2, 0.25) is 5.04 Å². The van der Waals surface area contributed by atoms with Gasteiger partial charge >= 0.3 is 11.9 Å². The Bertz CT molecular complexity index is 1530. The van der Waals surface area contributed by atoms with Crippen LogP contribution >= 0.6 is 46.1 Å². The van der Waals surface area contributed by atoms with Crippen molar-refractivity contribution in [3.8, 4) is 0 Å². The lowest BCUT2D eigenvalue weighted by Crippen LogP contribution is -2.67. The van der Waals surface area contributed by atoms with E-state index in [1.807, 2.05) is 48.5 Å². The molecule has 0 saturated heterocycles. The predicted octanol–water partition coefficient (Wildman–Crippen LogP) is 9.04. The van der Waals surface area contributed by atoms with Crippen LogP contribution in [-0.2, 0) is 13.9 Å². The number of alkyl halides is 1. The molecule has 49 heavy (non-hydrogen) atoms. The highest BCUT2D eigenvalue weighted by Crippen LogP contribution is 2.38. The van der Waals surface area contributed by atoms with Gasteiger partial charge in [-0.2, -0.15) is 0 Å². The molecule has 0 radical (unpaired) electrons. The minimum Gasteiger partial charge on any atom is -0.457 e. The van der Waals surface area contributed by atoms with Crippen LogP contribution in [0.1, 0.15) is 61.8 Å². The Hall–Kier alpha value is -2.57. The van der Waals surface area contributed by atoms with Crippen molar-refractivity contribution in [3.63, 3.8) is 0 Å². The normalized spacial score (nSPS) is 13.8. The fraction of sp³-hybridized carbons (Fsp3) is 0.350. The van der Waals surface area contributed by atoms with Gasteiger partial charge in [0, 0.05) is 6.42 Å². The minimum atomic E-state index is -2.86. The highest BCUT2D eigenvalue weighted by molar-refractivity contribution is 14.1. The van der Waals surface area contributed by atoms with Crippen LogP contribution in [0.3, 0.4) is 0 Å². The summed E-state index contributed by atoms with van der Waals surface area (Å²) in [4.78, 5) is 27.1. The molecule has 4 aromatic carbocycles. The van der Waals surface area contributed by atoms with E-state index in [1.54, 1.807) is 47.8 Å². The Balaban J connectivity index is 1.72. The lowest BCUT2D eigenvalue weighted by Gasteiger charge is -2.44. The van der Waals surface area contributed by atoms with E-state index in [9.17, 15) is 9.59 Å². The van der Waals surface area contributed by atoms with Crippen LogP contribution in [-0.4, -0.2) is 59.1 Å². The summed E-state index contributed by atoms with van der Waals surface area (Å²) in [6.45, 7) is 11.3. The van der Waals surface area contributed by atoms with Crippen LogP contribution in [0, 0.1) is 0 Å². The van der Waals surface area contributed by atoms with Crippen LogP contribution < -0.4 is 10.4 Å². The molecular weight excluding hydrogens is 780 g/mol. The Labute approximate surface area is 315 Å². The van der Waals surface area contributed by atoms with Gasteiger partial charge in [0.15, 0.2) is 0 Å². The van der Waals surface area contributed by atoms with E-state index in [2.05, 4.69) is 106 Å². The van der Waals surface area contributed by atoms with E-state index < -0.39 is 26.5 Å². The molecule has 0 heterocycles. The van der Waals surface area contributed by atoms with E-state index in [-0.39, 0.29) is 19.5 Å². The molecule has 3 atom stereocenters. The fourth-order valence-corrected chi connectivity index (χ4v) is 14.1. The van der Waals surface area contributed by atoms with Crippen molar-refractivity contribution in [3.05, 3.63) is 132 Å². The largest absolute Gasteiger partial charge is 0.457 e. The van der Waals surface area contributed by atoms with Crippen molar-refractivity contribution in [2.45, 2.75) is 66.8 Å². The summed E-state index contributed by atoms with van der Waals surface area (Å²) in [6, 6.07) is 39.2. The number of ether oxygens (including phenoxy) is 2. The first-order chi connectivity index (χ1) is 23.6. The monoisotopic (exact) mass is 826 g/mol. The topological polar surface area (TPSA) is 61.8 Å².